The number of hydrogen-bond acceptors (Lipinski definition) is 3. The van der Waals surface area contributed by atoms with Crippen molar-refractivity contribution < 1.29 is 4.74 Å². The van der Waals surface area contributed by atoms with Gasteiger partial charge in [-0.25, -0.2) is 0 Å². The summed E-state index contributed by atoms with van der Waals surface area (Å²) in [5.74, 6) is 2.17. The molecular weight excluding hydrogens is 401 g/mol. The minimum Gasteiger partial charge on any atom is -0.497 e. The Balaban J connectivity index is 1.71. The van der Waals surface area contributed by atoms with E-state index in [1.54, 1.807) is 7.11 Å². The highest BCUT2D eigenvalue weighted by atomic mass is 127. The zero-order chi connectivity index (χ0) is 16.2. The molecule has 0 bridgehead atoms. The number of nitrogens with zero attached hydrogens (tertiary/aromatic N) is 2. The van der Waals surface area contributed by atoms with Crippen molar-refractivity contribution in [2.45, 2.75) is 32.2 Å². The Morgan fingerprint density at radius 1 is 1.30 bits per heavy atom. The van der Waals surface area contributed by atoms with E-state index in [0.29, 0.717) is 5.92 Å². The zero-order valence-electron chi connectivity index (χ0n) is 13.8. The largest absolute Gasteiger partial charge is 0.497 e. The molecule has 2 aromatic rings. The van der Waals surface area contributed by atoms with E-state index in [1.165, 1.54) is 27.7 Å². The van der Waals surface area contributed by atoms with Gasteiger partial charge in [0.05, 0.1) is 22.9 Å². The van der Waals surface area contributed by atoms with E-state index >= 15 is 0 Å². The smallest absolute Gasteiger partial charge is 0.118 e. The normalized spacial score (nSPS) is 17.2. The van der Waals surface area contributed by atoms with Crippen LogP contribution in [0.2, 0.25) is 0 Å². The first-order valence-electron chi connectivity index (χ1n) is 8.24. The Labute approximate surface area is 151 Å². The molecule has 2 heterocycles. The van der Waals surface area contributed by atoms with Crippen molar-refractivity contribution in [3.05, 3.63) is 45.3 Å². The summed E-state index contributed by atoms with van der Waals surface area (Å²) in [4.78, 5) is 0. The summed E-state index contributed by atoms with van der Waals surface area (Å²) in [6.07, 6.45) is 4.67. The molecule has 3 rings (SSSR count). The first-order chi connectivity index (χ1) is 11.2. The Morgan fingerprint density at radius 2 is 2.00 bits per heavy atom. The van der Waals surface area contributed by atoms with Crippen LogP contribution < -0.4 is 10.1 Å². The first kappa shape index (κ1) is 16.8. The number of ether oxygens (including phenoxy) is 1. The molecule has 5 heteroatoms. The van der Waals surface area contributed by atoms with E-state index in [4.69, 9.17) is 9.84 Å². The van der Waals surface area contributed by atoms with Gasteiger partial charge < -0.3 is 10.1 Å². The minimum absolute atomic E-state index is 0.529. The number of nitrogens with one attached hydrogen (secondary N) is 1. The van der Waals surface area contributed by atoms with Crippen LogP contribution in [0.4, 0.5) is 0 Å². The Morgan fingerprint density at radius 3 is 2.65 bits per heavy atom. The van der Waals surface area contributed by atoms with Crippen molar-refractivity contribution in [2.75, 3.05) is 20.2 Å². The van der Waals surface area contributed by atoms with Crippen molar-refractivity contribution >= 4 is 22.6 Å². The number of rotatable bonds is 5. The van der Waals surface area contributed by atoms with E-state index in [0.717, 1.165) is 31.3 Å². The quantitative estimate of drug-likeness (QED) is 0.744. The molecular formula is C18H24IN3O. The predicted molar refractivity (Wildman–Crippen MR) is 101 cm³/mol. The van der Waals surface area contributed by atoms with Gasteiger partial charge in [0, 0.05) is 12.1 Å². The van der Waals surface area contributed by atoms with Crippen LogP contribution in [0.15, 0.2) is 30.5 Å². The van der Waals surface area contributed by atoms with Gasteiger partial charge in [-0.3, -0.25) is 4.68 Å². The zero-order valence-corrected chi connectivity index (χ0v) is 15.9. The lowest BCUT2D eigenvalue weighted by Gasteiger charge is -2.27. The molecule has 0 radical (unpaired) electrons. The lowest BCUT2D eigenvalue weighted by Crippen LogP contribution is -2.30. The molecule has 1 saturated heterocycles. The molecule has 1 aromatic carbocycles. The van der Waals surface area contributed by atoms with Gasteiger partial charge in [0.2, 0.25) is 0 Å². The summed E-state index contributed by atoms with van der Waals surface area (Å²) < 4.78 is 8.56. The summed E-state index contributed by atoms with van der Waals surface area (Å²) in [6.45, 7) is 5.41. The number of hydrogen-bond donors (Lipinski definition) is 1. The van der Waals surface area contributed by atoms with Gasteiger partial charge in [0.1, 0.15) is 5.75 Å². The van der Waals surface area contributed by atoms with Crippen LogP contribution in [-0.4, -0.2) is 30.0 Å². The summed E-state index contributed by atoms with van der Waals surface area (Å²) in [5, 5.41) is 8.33. The summed E-state index contributed by atoms with van der Waals surface area (Å²) in [6, 6.07) is 8.21. The second-order valence-corrected chi connectivity index (χ2v) is 7.45. The maximum atomic E-state index is 5.21. The van der Waals surface area contributed by atoms with Crippen molar-refractivity contribution in [2.24, 2.45) is 5.92 Å². The molecule has 124 valence electrons. The lowest BCUT2D eigenvalue weighted by molar-refractivity contribution is 0.325. The van der Waals surface area contributed by atoms with Crippen molar-refractivity contribution in [1.82, 2.24) is 15.1 Å². The molecule has 4 nitrogen and oxygen atoms in total. The van der Waals surface area contributed by atoms with Crippen molar-refractivity contribution in [1.29, 1.82) is 0 Å². The van der Waals surface area contributed by atoms with Crippen LogP contribution >= 0.6 is 22.6 Å². The van der Waals surface area contributed by atoms with Gasteiger partial charge >= 0.3 is 0 Å². The number of aromatic nitrogens is 2. The summed E-state index contributed by atoms with van der Waals surface area (Å²) >= 11 is 2.43. The standard InChI is InChI=1S/C18H24IN3O/c1-13(15-7-9-20-10-8-15)18-17(19)12-22(21-18)11-14-3-5-16(23-2)6-4-14/h3-6,12-13,15,20H,7-11H2,1-2H3. The van der Waals surface area contributed by atoms with Crippen molar-refractivity contribution in [3.8, 4) is 5.75 Å². The number of halogens is 1. The third-order valence-corrected chi connectivity index (χ3v) is 5.60. The second kappa shape index (κ2) is 7.66. The average molecular weight is 425 g/mol. The average Bonchev–Trinajstić information content (AvgIpc) is 2.96. The Hall–Kier alpha value is -1.08. The molecule has 0 spiro atoms. The van der Waals surface area contributed by atoms with E-state index in [2.05, 4.69) is 57.8 Å². The molecule has 0 aliphatic carbocycles. The molecule has 1 N–H and O–H groups in total. The monoisotopic (exact) mass is 425 g/mol. The molecule has 1 aliphatic heterocycles. The van der Waals surface area contributed by atoms with E-state index in [9.17, 15) is 0 Å². The van der Waals surface area contributed by atoms with Crippen LogP contribution in [-0.2, 0) is 6.54 Å². The molecule has 0 saturated carbocycles. The van der Waals surface area contributed by atoms with Crippen LogP contribution in [0.5, 0.6) is 5.75 Å². The first-order valence-corrected chi connectivity index (χ1v) is 9.31. The van der Waals surface area contributed by atoms with Gasteiger partial charge in [-0.15, -0.1) is 0 Å². The number of piperidine rings is 1. The maximum Gasteiger partial charge on any atom is 0.118 e. The fourth-order valence-corrected chi connectivity index (χ4v) is 4.21. The molecule has 1 aromatic heterocycles. The predicted octanol–water partition coefficient (Wildman–Crippen LogP) is 3.65. The van der Waals surface area contributed by atoms with Crippen LogP contribution in [0.25, 0.3) is 0 Å². The van der Waals surface area contributed by atoms with Gasteiger partial charge in [-0.1, -0.05) is 19.1 Å². The van der Waals surface area contributed by atoms with Gasteiger partial charge in [0.15, 0.2) is 0 Å². The number of benzene rings is 1. The van der Waals surface area contributed by atoms with Gasteiger partial charge in [0.25, 0.3) is 0 Å². The van der Waals surface area contributed by atoms with E-state index in [1.807, 2.05) is 12.1 Å². The minimum atomic E-state index is 0.529. The lowest BCUT2D eigenvalue weighted by atomic mass is 9.84. The second-order valence-electron chi connectivity index (χ2n) is 6.28. The Kier molecular flexibility index (Phi) is 5.58. The van der Waals surface area contributed by atoms with Gasteiger partial charge in [-0.05, 0) is 72.1 Å². The maximum absolute atomic E-state index is 5.21. The third kappa shape index (κ3) is 4.07. The van der Waals surface area contributed by atoms with E-state index in [-0.39, 0.29) is 0 Å². The molecule has 1 fully saturated rings. The van der Waals surface area contributed by atoms with Crippen LogP contribution in [0.1, 0.15) is 36.9 Å². The Bertz CT molecular complexity index is 632. The van der Waals surface area contributed by atoms with Crippen molar-refractivity contribution in [3.63, 3.8) is 0 Å². The third-order valence-electron chi connectivity index (χ3n) is 4.77. The topological polar surface area (TPSA) is 39.1 Å². The van der Waals surface area contributed by atoms with Crippen LogP contribution in [0.3, 0.4) is 0 Å². The summed E-state index contributed by atoms with van der Waals surface area (Å²) in [5.41, 5.74) is 2.50. The molecule has 0 amide bonds. The highest BCUT2D eigenvalue weighted by Gasteiger charge is 2.25. The molecule has 1 aliphatic rings. The highest BCUT2D eigenvalue weighted by Crippen LogP contribution is 2.32. The molecule has 1 atom stereocenters. The highest BCUT2D eigenvalue weighted by molar-refractivity contribution is 14.1. The van der Waals surface area contributed by atoms with Gasteiger partial charge in [-0.2, -0.15) is 5.10 Å². The molecule has 1 unspecified atom stereocenters. The molecule has 23 heavy (non-hydrogen) atoms. The van der Waals surface area contributed by atoms with Crippen LogP contribution in [0, 0.1) is 9.49 Å². The fourth-order valence-electron chi connectivity index (χ4n) is 3.29. The van der Waals surface area contributed by atoms with E-state index < -0.39 is 0 Å². The number of methoxy groups -OCH3 is 1. The fraction of sp³-hybridized carbons (Fsp3) is 0.500. The summed E-state index contributed by atoms with van der Waals surface area (Å²) in [7, 11) is 1.69. The SMILES string of the molecule is COc1ccc(Cn2cc(I)c(C(C)C3CCNCC3)n2)cc1.